The molecule has 5 nitrogen and oxygen atoms in total. The maximum atomic E-state index is 12.2. The predicted molar refractivity (Wildman–Crippen MR) is 73.4 cm³/mol. The van der Waals surface area contributed by atoms with Gasteiger partial charge in [0.25, 0.3) is 5.56 Å². The number of aromatic amines is 1. The number of hydrogen-bond donors (Lipinski definition) is 1. The Morgan fingerprint density at radius 3 is 2.74 bits per heavy atom. The van der Waals surface area contributed by atoms with Gasteiger partial charge in [-0.2, -0.15) is 5.10 Å². The Bertz CT molecular complexity index is 789. The summed E-state index contributed by atoms with van der Waals surface area (Å²) in [5.41, 5.74) is 2.63. The van der Waals surface area contributed by atoms with Crippen molar-refractivity contribution in [3.63, 3.8) is 0 Å². The van der Waals surface area contributed by atoms with Gasteiger partial charge in [-0.25, -0.2) is 4.98 Å². The second kappa shape index (κ2) is 4.51. The molecule has 0 spiro atoms. The van der Waals surface area contributed by atoms with Crippen LogP contribution >= 0.6 is 11.6 Å². The highest BCUT2D eigenvalue weighted by molar-refractivity contribution is 6.30. The highest BCUT2D eigenvalue weighted by Gasteiger charge is 2.09. The number of aryl methyl sites for hydroxylation is 1. The molecule has 96 valence electrons. The topological polar surface area (TPSA) is 63.6 Å². The summed E-state index contributed by atoms with van der Waals surface area (Å²) >= 11 is 5.83. The number of fused-ring (bicyclic) bond motifs is 1. The van der Waals surface area contributed by atoms with E-state index < -0.39 is 0 Å². The number of nitrogens with one attached hydrogen (secondary N) is 1. The van der Waals surface area contributed by atoms with Gasteiger partial charge in [-0.3, -0.25) is 14.5 Å². The maximum Gasteiger partial charge on any atom is 0.282 e. The molecule has 6 heteroatoms. The van der Waals surface area contributed by atoms with Crippen LogP contribution in [0.4, 0.5) is 0 Å². The van der Waals surface area contributed by atoms with E-state index in [0.29, 0.717) is 22.6 Å². The second-order valence-corrected chi connectivity index (χ2v) is 4.79. The van der Waals surface area contributed by atoms with Crippen LogP contribution in [0.2, 0.25) is 5.02 Å². The highest BCUT2D eigenvalue weighted by atomic mass is 35.5. The zero-order chi connectivity index (χ0) is 13.4. The van der Waals surface area contributed by atoms with E-state index in [-0.39, 0.29) is 5.56 Å². The van der Waals surface area contributed by atoms with Crippen LogP contribution in [-0.4, -0.2) is 19.7 Å². The molecular formula is C13H11ClN4O. The van der Waals surface area contributed by atoms with Gasteiger partial charge in [0, 0.05) is 5.02 Å². The van der Waals surface area contributed by atoms with Gasteiger partial charge in [-0.1, -0.05) is 23.7 Å². The summed E-state index contributed by atoms with van der Waals surface area (Å²) in [6.07, 6.45) is 1.54. The molecule has 2 aromatic heterocycles. The second-order valence-electron chi connectivity index (χ2n) is 4.35. The molecule has 19 heavy (non-hydrogen) atoms. The predicted octanol–water partition coefficient (Wildman–Crippen LogP) is 2.13. The fourth-order valence-corrected chi connectivity index (χ4v) is 2.07. The van der Waals surface area contributed by atoms with Crippen molar-refractivity contribution in [3.8, 4) is 0 Å². The number of nitrogens with zero attached hydrogens (tertiary/aromatic N) is 3. The summed E-state index contributed by atoms with van der Waals surface area (Å²) < 4.78 is 1.53. The fourth-order valence-electron chi connectivity index (χ4n) is 1.95. The summed E-state index contributed by atoms with van der Waals surface area (Å²) in [7, 11) is 0. The first-order chi connectivity index (χ1) is 9.15. The molecule has 1 aromatic carbocycles. The molecule has 0 saturated heterocycles. The third-order valence-corrected chi connectivity index (χ3v) is 3.22. The lowest BCUT2D eigenvalue weighted by Crippen LogP contribution is -2.21. The van der Waals surface area contributed by atoms with Gasteiger partial charge in [0.1, 0.15) is 5.52 Å². The summed E-state index contributed by atoms with van der Waals surface area (Å²) in [6.45, 7) is 2.29. The van der Waals surface area contributed by atoms with E-state index in [1.807, 2.05) is 19.1 Å². The molecule has 1 N–H and O–H groups in total. The molecule has 0 aliphatic heterocycles. The Morgan fingerprint density at radius 2 is 2.00 bits per heavy atom. The number of halogens is 1. The molecular weight excluding hydrogens is 264 g/mol. The Morgan fingerprint density at radius 1 is 1.26 bits per heavy atom. The Labute approximate surface area is 113 Å². The average Bonchev–Trinajstić information content (AvgIpc) is 2.78. The van der Waals surface area contributed by atoms with Gasteiger partial charge in [0.05, 0.1) is 18.6 Å². The highest BCUT2D eigenvalue weighted by Crippen LogP contribution is 2.11. The molecule has 0 atom stereocenters. The Hall–Kier alpha value is -2.14. The van der Waals surface area contributed by atoms with Crippen molar-refractivity contribution in [3.05, 3.63) is 57.2 Å². The number of rotatable bonds is 2. The van der Waals surface area contributed by atoms with E-state index in [4.69, 9.17) is 11.6 Å². The van der Waals surface area contributed by atoms with Crippen LogP contribution in [0.5, 0.6) is 0 Å². The SMILES string of the molecule is Cc1[nH]nc2c(=O)n(Cc3ccc(Cl)cc3)cnc12. The number of aromatic nitrogens is 4. The molecule has 0 radical (unpaired) electrons. The maximum absolute atomic E-state index is 12.2. The number of H-pyrrole nitrogens is 1. The van der Waals surface area contributed by atoms with Crippen molar-refractivity contribution in [1.29, 1.82) is 0 Å². The van der Waals surface area contributed by atoms with Crippen LogP contribution in [0.15, 0.2) is 35.4 Å². The lowest BCUT2D eigenvalue weighted by Gasteiger charge is -2.05. The van der Waals surface area contributed by atoms with Crippen LogP contribution < -0.4 is 5.56 Å². The Kier molecular flexibility index (Phi) is 2.83. The molecule has 0 aliphatic rings. The molecule has 2 heterocycles. The summed E-state index contributed by atoms with van der Waals surface area (Å²) in [4.78, 5) is 16.5. The standard InChI is InChI=1S/C13H11ClN4O/c1-8-11-12(17-16-8)13(19)18(7-15-11)6-9-2-4-10(14)5-3-9/h2-5,7H,6H2,1H3,(H,16,17). The summed E-state index contributed by atoms with van der Waals surface area (Å²) in [5, 5.41) is 7.44. The molecule has 0 bridgehead atoms. The lowest BCUT2D eigenvalue weighted by molar-refractivity contribution is 0.746. The Balaban J connectivity index is 2.04. The van der Waals surface area contributed by atoms with Crippen LogP contribution in [-0.2, 0) is 6.54 Å². The molecule has 3 aromatic rings. The van der Waals surface area contributed by atoms with Gasteiger partial charge in [-0.15, -0.1) is 0 Å². The molecule has 0 aliphatic carbocycles. The van der Waals surface area contributed by atoms with Crippen molar-refractivity contribution in [2.75, 3.05) is 0 Å². The van der Waals surface area contributed by atoms with E-state index in [0.717, 1.165) is 11.3 Å². The minimum absolute atomic E-state index is 0.149. The summed E-state index contributed by atoms with van der Waals surface area (Å²) in [6, 6.07) is 7.36. The zero-order valence-electron chi connectivity index (χ0n) is 10.2. The largest absolute Gasteiger partial charge is 0.293 e. The minimum atomic E-state index is -0.149. The van der Waals surface area contributed by atoms with Crippen LogP contribution in [0.3, 0.4) is 0 Å². The van der Waals surface area contributed by atoms with Crippen molar-refractivity contribution in [2.24, 2.45) is 0 Å². The van der Waals surface area contributed by atoms with Crippen molar-refractivity contribution < 1.29 is 0 Å². The number of hydrogen-bond acceptors (Lipinski definition) is 3. The van der Waals surface area contributed by atoms with Crippen molar-refractivity contribution >= 4 is 22.6 Å². The monoisotopic (exact) mass is 274 g/mol. The van der Waals surface area contributed by atoms with E-state index >= 15 is 0 Å². The summed E-state index contributed by atoms with van der Waals surface area (Å²) in [5.74, 6) is 0. The molecule has 0 amide bonds. The first-order valence-electron chi connectivity index (χ1n) is 5.80. The van der Waals surface area contributed by atoms with Gasteiger partial charge in [-0.05, 0) is 24.6 Å². The molecule has 0 fully saturated rings. The van der Waals surface area contributed by atoms with E-state index in [9.17, 15) is 4.79 Å². The smallest absolute Gasteiger partial charge is 0.282 e. The third kappa shape index (κ3) is 2.13. The lowest BCUT2D eigenvalue weighted by atomic mass is 10.2. The average molecular weight is 275 g/mol. The van der Waals surface area contributed by atoms with E-state index in [2.05, 4.69) is 15.2 Å². The van der Waals surface area contributed by atoms with E-state index in [1.54, 1.807) is 18.5 Å². The molecule has 0 saturated carbocycles. The molecule has 3 rings (SSSR count). The first-order valence-corrected chi connectivity index (χ1v) is 6.17. The van der Waals surface area contributed by atoms with E-state index in [1.165, 1.54) is 4.57 Å². The van der Waals surface area contributed by atoms with Gasteiger partial charge in [0.15, 0.2) is 5.52 Å². The van der Waals surface area contributed by atoms with Crippen LogP contribution in [0.25, 0.3) is 11.0 Å². The quantitative estimate of drug-likeness (QED) is 0.779. The third-order valence-electron chi connectivity index (χ3n) is 2.97. The van der Waals surface area contributed by atoms with Gasteiger partial charge < -0.3 is 0 Å². The normalized spacial score (nSPS) is 11.1. The first kappa shape index (κ1) is 11.9. The minimum Gasteiger partial charge on any atom is -0.293 e. The van der Waals surface area contributed by atoms with Crippen molar-refractivity contribution in [2.45, 2.75) is 13.5 Å². The van der Waals surface area contributed by atoms with Gasteiger partial charge >= 0.3 is 0 Å². The fraction of sp³-hybridized carbons (Fsp3) is 0.154. The van der Waals surface area contributed by atoms with Gasteiger partial charge in [0.2, 0.25) is 0 Å². The van der Waals surface area contributed by atoms with Crippen LogP contribution in [0, 0.1) is 6.92 Å². The van der Waals surface area contributed by atoms with Crippen LogP contribution in [0.1, 0.15) is 11.3 Å². The van der Waals surface area contributed by atoms with Crippen molar-refractivity contribution in [1.82, 2.24) is 19.7 Å². The number of benzene rings is 1. The zero-order valence-corrected chi connectivity index (χ0v) is 11.0. The molecule has 0 unspecified atom stereocenters.